The van der Waals surface area contributed by atoms with E-state index in [1.54, 1.807) is 75.6 Å². The Hall–Kier alpha value is -5.63. The monoisotopic (exact) mass is 616 g/mol. The van der Waals surface area contributed by atoms with Crippen LogP contribution in [0.4, 0.5) is 11.4 Å². The molecule has 0 unspecified atom stereocenters. The van der Waals surface area contributed by atoms with Crippen LogP contribution in [0, 0.1) is 20.2 Å². The average molecular weight is 617 g/mol. The molecule has 4 aromatic rings. The van der Waals surface area contributed by atoms with E-state index in [1.807, 2.05) is 0 Å². The molecule has 5 rings (SSSR count). The fraction of sp³-hybridized carbons (Fsp3) is 0.167. The topological polar surface area (TPSA) is 165 Å². The number of nitro benzene ring substituents is 2. The summed E-state index contributed by atoms with van der Waals surface area (Å²) in [6.45, 7) is 3.56. The highest BCUT2D eigenvalue weighted by molar-refractivity contribution is 7.07. The number of benzene rings is 3. The first-order valence-electron chi connectivity index (χ1n) is 13.2. The van der Waals surface area contributed by atoms with Gasteiger partial charge in [-0.15, -0.1) is 0 Å². The van der Waals surface area contributed by atoms with Crippen LogP contribution in [-0.2, 0) is 9.53 Å². The number of thiazole rings is 1. The van der Waals surface area contributed by atoms with Gasteiger partial charge in [0.2, 0.25) is 5.75 Å². The highest BCUT2D eigenvalue weighted by Gasteiger charge is 2.33. The zero-order valence-corrected chi connectivity index (χ0v) is 24.4. The van der Waals surface area contributed by atoms with E-state index in [4.69, 9.17) is 14.2 Å². The number of aromatic nitrogens is 1. The molecule has 2 heterocycles. The summed E-state index contributed by atoms with van der Waals surface area (Å²) in [5.41, 5.74) is 0.677. The van der Waals surface area contributed by atoms with E-state index in [1.165, 1.54) is 15.9 Å². The summed E-state index contributed by atoms with van der Waals surface area (Å²) in [6, 6.07) is 15.8. The minimum Gasteiger partial charge on any atom is -0.497 e. The molecule has 44 heavy (non-hydrogen) atoms. The molecule has 0 saturated carbocycles. The summed E-state index contributed by atoms with van der Waals surface area (Å²) in [4.78, 5) is 52.8. The number of allylic oxidation sites excluding steroid dienone is 1. The Morgan fingerprint density at radius 2 is 1.70 bits per heavy atom. The Morgan fingerprint density at radius 1 is 1.02 bits per heavy atom. The molecule has 1 aliphatic rings. The lowest BCUT2D eigenvalue weighted by molar-refractivity contribution is -0.394. The molecule has 14 heteroatoms. The molecule has 1 aromatic heterocycles. The van der Waals surface area contributed by atoms with Crippen molar-refractivity contribution in [1.29, 1.82) is 0 Å². The van der Waals surface area contributed by atoms with E-state index in [-0.39, 0.29) is 29.2 Å². The molecule has 13 nitrogen and oxygen atoms in total. The smallest absolute Gasteiger partial charge is 0.338 e. The number of carbonyl (C=O) groups excluding carboxylic acids is 1. The SMILES string of the molecule is CCOC(=O)C1=C(C)N=c2s/c(=C/c3ccc(Oc4ccc([N+](=O)[O-])cc4[N+](=O)[O-])cc3)c(=O)n2[C@H]1c1ccc(OC)cc1. The summed E-state index contributed by atoms with van der Waals surface area (Å²) in [7, 11) is 1.55. The molecule has 0 spiro atoms. The number of methoxy groups -OCH3 is 1. The van der Waals surface area contributed by atoms with Gasteiger partial charge in [-0.05, 0) is 61.4 Å². The number of carbonyl (C=O) groups is 1. The zero-order chi connectivity index (χ0) is 31.5. The van der Waals surface area contributed by atoms with E-state index >= 15 is 0 Å². The maximum Gasteiger partial charge on any atom is 0.338 e. The molecular formula is C30H24N4O9S. The molecule has 0 N–H and O–H groups in total. The van der Waals surface area contributed by atoms with Crippen LogP contribution in [0.2, 0.25) is 0 Å². The standard InChI is InChI=1S/C30H24N4O9S/c1-4-42-29(36)26-17(2)31-30-32(27(26)19-7-12-21(41-3)13-8-19)28(35)25(44-30)15-18-5-10-22(11-6-18)43-24-14-9-20(33(37)38)16-23(24)34(39)40/h5-16,27H,4H2,1-3H3/b25-15+/t27-/m0/s1. The van der Waals surface area contributed by atoms with Crippen molar-refractivity contribution < 1.29 is 28.9 Å². The van der Waals surface area contributed by atoms with Crippen molar-refractivity contribution in [3.05, 3.63) is 129 Å². The maximum atomic E-state index is 13.8. The van der Waals surface area contributed by atoms with Crippen LogP contribution in [0.5, 0.6) is 17.2 Å². The quantitative estimate of drug-likeness (QED) is 0.150. The summed E-state index contributed by atoms with van der Waals surface area (Å²) >= 11 is 1.17. The van der Waals surface area contributed by atoms with E-state index < -0.39 is 33.2 Å². The molecule has 224 valence electrons. The lowest BCUT2D eigenvalue weighted by Crippen LogP contribution is -2.39. The van der Waals surface area contributed by atoms with Gasteiger partial charge in [0.1, 0.15) is 11.5 Å². The first kappa shape index (κ1) is 29.8. The number of hydrogen-bond donors (Lipinski definition) is 0. The van der Waals surface area contributed by atoms with Gasteiger partial charge in [0.25, 0.3) is 11.2 Å². The Morgan fingerprint density at radius 3 is 2.32 bits per heavy atom. The predicted octanol–water partition coefficient (Wildman–Crippen LogP) is 4.42. The maximum absolute atomic E-state index is 13.8. The summed E-state index contributed by atoms with van der Waals surface area (Å²) in [6.07, 6.45) is 1.66. The number of hydrogen-bond acceptors (Lipinski definition) is 11. The zero-order valence-electron chi connectivity index (χ0n) is 23.6. The van der Waals surface area contributed by atoms with Crippen molar-refractivity contribution in [2.24, 2.45) is 4.99 Å². The van der Waals surface area contributed by atoms with Gasteiger partial charge in [-0.2, -0.15) is 0 Å². The van der Waals surface area contributed by atoms with Crippen LogP contribution < -0.4 is 24.4 Å². The molecule has 0 radical (unpaired) electrons. The third kappa shape index (κ3) is 5.83. The molecule has 0 saturated heterocycles. The highest BCUT2D eigenvalue weighted by Crippen LogP contribution is 2.35. The second-order valence-electron chi connectivity index (χ2n) is 9.41. The Kier molecular flexibility index (Phi) is 8.35. The van der Waals surface area contributed by atoms with Crippen LogP contribution in [0.15, 0.2) is 87.8 Å². The van der Waals surface area contributed by atoms with E-state index in [0.717, 1.165) is 18.2 Å². The minimum absolute atomic E-state index is 0.159. The summed E-state index contributed by atoms with van der Waals surface area (Å²) in [5.74, 6) is 0.144. The number of non-ortho nitro benzene ring substituents is 1. The summed E-state index contributed by atoms with van der Waals surface area (Å²) in [5, 5.41) is 22.4. The average Bonchev–Trinajstić information content (AvgIpc) is 3.31. The van der Waals surface area contributed by atoms with E-state index in [9.17, 15) is 29.8 Å². The lowest BCUT2D eigenvalue weighted by Gasteiger charge is -2.24. The van der Waals surface area contributed by atoms with Gasteiger partial charge >= 0.3 is 11.7 Å². The van der Waals surface area contributed by atoms with Crippen molar-refractivity contribution in [1.82, 2.24) is 4.57 Å². The van der Waals surface area contributed by atoms with E-state index in [0.29, 0.717) is 31.9 Å². The largest absolute Gasteiger partial charge is 0.497 e. The molecule has 0 bridgehead atoms. The molecule has 1 atom stereocenters. The van der Waals surface area contributed by atoms with Gasteiger partial charge < -0.3 is 14.2 Å². The molecular weight excluding hydrogens is 592 g/mol. The molecule has 0 amide bonds. The number of nitrogens with zero attached hydrogens (tertiary/aromatic N) is 4. The van der Waals surface area contributed by atoms with Crippen molar-refractivity contribution >= 4 is 34.8 Å². The Labute approximate surface area is 252 Å². The highest BCUT2D eigenvalue weighted by atomic mass is 32.1. The van der Waals surface area contributed by atoms with Crippen LogP contribution in [0.25, 0.3) is 6.08 Å². The van der Waals surface area contributed by atoms with Gasteiger partial charge in [-0.3, -0.25) is 29.6 Å². The summed E-state index contributed by atoms with van der Waals surface area (Å²) < 4.78 is 18.1. The van der Waals surface area contributed by atoms with Gasteiger partial charge in [0.15, 0.2) is 4.80 Å². The van der Waals surface area contributed by atoms with Gasteiger partial charge in [0, 0.05) is 6.07 Å². The third-order valence-electron chi connectivity index (χ3n) is 6.70. The molecule has 1 aliphatic heterocycles. The molecule has 0 aliphatic carbocycles. The van der Waals surface area contributed by atoms with Crippen LogP contribution in [0.3, 0.4) is 0 Å². The first-order chi connectivity index (χ1) is 21.1. The van der Waals surface area contributed by atoms with Crippen LogP contribution in [0.1, 0.15) is 31.0 Å². The van der Waals surface area contributed by atoms with Crippen LogP contribution in [-0.4, -0.2) is 34.1 Å². The number of rotatable bonds is 9. The number of esters is 1. The minimum atomic E-state index is -0.772. The second-order valence-corrected chi connectivity index (χ2v) is 10.4. The molecule has 0 fully saturated rings. The fourth-order valence-corrected chi connectivity index (χ4v) is 5.70. The first-order valence-corrected chi connectivity index (χ1v) is 14.0. The van der Waals surface area contributed by atoms with Crippen molar-refractivity contribution in [3.8, 4) is 17.2 Å². The van der Waals surface area contributed by atoms with Crippen molar-refractivity contribution in [2.75, 3.05) is 13.7 Å². The fourth-order valence-electron chi connectivity index (χ4n) is 4.65. The van der Waals surface area contributed by atoms with Gasteiger partial charge in [0.05, 0.1) is 51.5 Å². The third-order valence-corrected chi connectivity index (χ3v) is 7.69. The van der Waals surface area contributed by atoms with Gasteiger partial charge in [-0.1, -0.05) is 35.6 Å². The number of nitro groups is 2. The van der Waals surface area contributed by atoms with E-state index in [2.05, 4.69) is 4.99 Å². The predicted molar refractivity (Wildman–Crippen MR) is 160 cm³/mol. The second kappa shape index (κ2) is 12.3. The van der Waals surface area contributed by atoms with Crippen molar-refractivity contribution in [3.63, 3.8) is 0 Å². The molecule has 3 aromatic carbocycles. The Bertz CT molecular complexity index is 2000. The Balaban J connectivity index is 1.51. The number of fused-ring (bicyclic) bond motifs is 1. The lowest BCUT2D eigenvalue weighted by atomic mass is 9.96. The normalized spacial score (nSPS) is 14.4. The number of ether oxygens (including phenoxy) is 3. The van der Waals surface area contributed by atoms with Crippen LogP contribution >= 0.6 is 11.3 Å². The van der Waals surface area contributed by atoms with Crippen molar-refractivity contribution in [2.45, 2.75) is 19.9 Å². The van der Waals surface area contributed by atoms with Gasteiger partial charge in [-0.25, -0.2) is 9.79 Å².